The van der Waals surface area contributed by atoms with Crippen molar-refractivity contribution in [1.82, 2.24) is 0 Å². The molecule has 1 amide bonds. The second-order valence-electron chi connectivity index (χ2n) is 5.36. The van der Waals surface area contributed by atoms with Gasteiger partial charge in [-0.1, -0.05) is 31.4 Å². The zero-order valence-corrected chi connectivity index (χ0v) is 12.8. The van der Waals surface area contributed by atoms with E-state index in [1.165, 1.54) is 37.7 Å². The molecule has 4 heteroatoms. The Morgan fingerprint density at radius 3 is 2.85 bits per heavy atom. The second kappa shape index (κ2) is 8.32. The van der Waals surface area contributed by atoms with Gasteiger partial charge in [-0.15, -0.1) is 0 Å². The molecule has 0 atom stereocenters. The van der Waals surface area contributed by atoms with Gasteiger partial charge in [0.1, 0.15) is 0 Å². The Morgan fingerprint density at radius 1 is 1.30 bits per heavy atom. The Labute approximate surface area is 125 Å². The lowest BCUT2D eigenvalue weighted by molar-refractivity contribution is -0.116. The molecule has 0 aromatic heterocycles. The SMILES string of the molecule is NCCC(=O)Nc1cccc(CSC2CCCCC2)c1. The molecule has 0 spiro atoms. The molecule has 0 saturated heterocycles. The van der Waals surface area contributed by atoms with Crippen LogP contribution in [0.5, 0.6) is 0 Å². The fourth-order valence-electron chi connectivity index (χ4n) is 2.54. The largest absolute Gasteiger partial charge is 0.330 e. The fraction of sp³-hybridized carbons (Fsp3) is 0.562. The molecule has 3 N–H and O–H groups in total. The summed E-state index contributed by atoms with van der Waals surface area (Å²) >= 11 is 2.06. The first kappa shape index (κ1) is 15.4. The molecule has 0 heterocycles. The van der Waals surface area contributed by atoms with Crippen LogP contribution in [0.2, 0.25) is 0 Å². The molecule has 0 bridgehead atoms. The number of nitrogens with one attached hydrogen (secondary N) is 1. The summed E-state index contributed by atoms with van der Waals surface area (Å²) in [4.78, 5) is 11.5. The summed E-state index contributed by atoms with van der Waals surface area (Å²) in [7, 11) is 0. The molecular weight excluding hydrogens is 268 g/mol. The number of anilines is 1. The van der Waals surface area contributed by atoms with E-state index in [-0.39, 0.29) is 5.91 Å². The minimum absolute atomic E-state index is 0.00964. The first-order valence-electron chi connectivity index (χ1n) is 7.48. The summed E-state index contributed by atoms with van der Waals surface area (Å²) in [6.07, 6.45) is 7.26. The summed E-state index contributed by atoms with van der Waals surface area (Å²) in [5.74, 6) is 1.02. The molecule has 0 unspecified atom stereocenters. The number of hydrogen-bond acceptors (Lipinski definition) is 3. The van der Waals surface area contributed by atoms with Gasteiger partial charge >= 0.3 is 0 Å². The van der Waals surface area contributed by atoms with Gasteiger partial charge in [0.25, 0.3) is 0 Å². The first-order valence-corrected chi connectivity index (χ1v) is 8.53. The summed E-state index contributed by atoms with van der Waals surface area (Å²) in [6.45, 7) is 0.392. The second-order valence-corrected chi connectivity index (χ2v) is 6.65. The van der Waals surface area contributed by atoms with Crippen LogP contribution in [0.3, 0.4) is 0 Å². The Kier molecular flexibility index (Phi) is 6.40. The Balaban J connectivity index is 1.83. The number of rotatable bonds is 6. The first-order chi connectivity index (χ1) is 9.78. The van der Waals surface area contributed by atoms with Crippen LogP contribution in [0.25, 0.3) is 0 Å². The maximum absolute atomic E-state index is 11.5. The lowest BCUT2D eigenvalue weighted by Gasteiger charge is -2.21. The van der Waals surface area contributed by atoms with Crippen LogP contribution in [0.1, 0.15) is 44.1 Å². The van der Waals surface area contributed by atoms with Crippen molar-refractivity contribution in [3.05, 3.63) is 29.8 Å². The van der Waals surface area contributed by atoms with E-state index in [1.807, 2.05) is 12.1 Å². The van der Waals surface area contributed by atoms with Gasteiger partial charge in [0.15, 0.2) is 0 Å². The van der Waals surface area contributed by atoms with Gasteiger partial charge < -0.3 is 11.1 Å². The third kappa shape index (κ3) is 5.17. The molecule has 0 radical (unpaired) electrons. The number of carbonyl (C=O) groups is 1. The van der Waals surface area contributed by atoms with Crippen LogP contribution in [-0.2, 0) is 10.5 Å². The van der Waals surface area contributed by atoms with E-state index in [4.69, 9.17) is 5.73 Å². The van der Waals surface area contributed by atoms with E-state index in [0.29, 0.717) is 13.0 Å². The average molecular weight is 292 g/mol. The molecular formula is C16H24N2OS. The van der Waals surface area contributed by atoms with Crippen molar-refractivity contribution >= 4 is 23.4 Å². The molecule has 20 heavy (non-hydrogen) atoms. The molecule has 0 aliphatic heterocycles. The number of carbonyl (C=O) groups excluding carboxylic acids is 1. The maximum atomic E-state index is 11.5. The van der Waals surface area contributed by atoms with Gasteiger partial charge in [-0.2, -0.15) is 11.8 Å². The lowest BCUT2D eigenvalue weighted by atomic mass is 10.0. The highest BCUT2D eigenvalue weighted by Crippen LogP contribution is 2.30. The van der Waals surface area contributed by atoms with Crippen LogP contribution in [0, 0.1) is 0 Å². The number of hydrogen-bond donors (Lipinski definition) is 2. The van der Waals surface area contributed by atoms with Crippen LogP contribution in [-0.4, -0.2) is 17.7 Å². The van der Waals surface area contributed by atoms with Crippen molar-refractivity contribution < 1.29 is 4.79 Å². The fourth-order valence-corrected chi connectivity index (χ4v) is 3.81. The van der Waals surface area contributed by atoms with Gasteiger partial charge in [0.2, 0.25) is 5.91 Å². The Hall–Kier alpha value is -1.00. The predicted molar refractivity (Wildman–Crippen MR) is 86.9 cm³/mol. The number of thioether (sulfide) groups is 1. The van der Waals surface area contributed by atoms with E-state index >= 15 is 0 Å². The quantitative estimate of drug-likeness (QED) is 0.843. The smallest absolute Gasteiger partial charge is 0.225 e. The third-order valence-corrected chi connectivity index (χ3v) is 5.06. The van der Waals surface area contributed by atoms with E-state index < -0.39 is 0 Å². The Bertz CT molecular complexity index is 430. The topological polar surface area (TPSA) is 55.1 Å². The maximum Gasteiger partial charge on any atom is 0.225 e. The number of amides is 1. The van der Waals surface area contributed by atoms with Crippen LogP contribution < -0.4 is 11.1 Å². The molecule has 3 nitrogen and oxygen atoms in total. The van der Waals surface area contributed by atoms with Crippen molar-refractivity contribution in [1.29, 1.82) is 0 Å². The molecule has 1 aliphatic carbocycles. The van der Waals surface area contributed by atoms with Crippen LogP contribution >= 0.6 is 11.8 Å². The van der Waals surface area contributed by atoms with E-state index in [1.54, 1.807) is 0 Å². The predicted octanol–water partition coefficient (Wildman–Crippen LogP) is 3.54. The standard InChI is InChI=1S/C16H24N2OS/c17-10-9-16(19)18-14-6-4-5-13(11-14)12-20-15-7-2-1-3-8-15/h4-6,11,15H,1-3,7-10,12,17H2,(H,18,19). The van der Waals surface area contributed by atoms with Crippen molar-refractivity contribution in [2.45, 2.75) is 49.5 Å². The highest BCUT2D eigenvalue weighted by molar-refractivity contribution is 7.99. The third-order valence-electron chi connectivity index (χ3n) is 3.62. The van der Waals surface area contributed by atoms with E-state index in [9.17, 15) is 4.79 Å². The van der Waals surface area contributed by atoms with Crippen molar-refractivity contribution in [3.63, 3.8) is 0 Å². The molecule has 1 aliphatic rings. The summed E-state index contributed by atoms with van der Waals surface area (Å²) < 4.78 is 0. The summed E-state index contributed by atoms with van der Waals surface area (Å²) in [6, 6.07) is 8.15. The minimum atomic E-state index is -0.00964. The van der Waals surface area contributed by atoms with E-state index in [0.717, 1.165) is 16.7 Å². The zero-order valence-electron chi connectivity index (χ0n) is 11.9. The minimum Gasteiger partial charge on any atom is -0.330 e. The van der Waals surface area contributed by atoms with Gasteiger partial charge in [-0.3, -0.25) is 4.79 Å². The zero-order chi connectivity index (χ0) is 14.2. The number of nitrogens with two attached hydrogens (primary N) is 1. The Morgan fingerprint density at radius 2 is 2.10 bits per heavy atom. The van der Waals surface area contributed by atoms with Gasteiger partial charge in [0.05, 0.1) is 0 Å². The van der Waals surface area contributed by atoms with Gasteiger partial charge in [-0.05, 0) is 30.5 Å². The normalized spacial score (nSPS) is 16.1. The summed E-state index contributed by atoms with van der Waals surface area (Å²) in [5.41, 5.74) is 7.54. The molecule has 1 fully saturated rings. The van der Waals surface area contributed by atoms with Crippen molar-refractivity contribution in [3.8, 4) is 0 Å². The highest BCUT2D eigenvalue weighted by Gasteiger charge is 2.13. The monoisotopic (exact) mass is 292 g/mol. The van der Waals surface area contributed by atoms with Gasteiger partial charge in [-0.25, -0.2) is 0 Å². The summed E-state index contributed by atoms with van der Waals surface area (Å²) in [5, 5.41) is 3.71. The van der Waals surface area contributed by atoms with E-state index in [2.05, 4.69) is 29.2 Å². The average Bonchev–Trinajstić information content (AvgIpc) is 2.47. The van der Waals surface area contributed by atoms with Crippen LogP contribution in [0.4, 0.5) is 5.69 Å². The molecule has 1 saturated carbocycles. The van der Waals surface area contributed by atoms with Crippen molar-refractivity contribution in [2.24, 2.45) is 5.73 Å². The lowest BCUT2D eigenvalue weighted by Crippen LogP contribution is -2.16. The number of benzene rings is 1. The van der Waals surface area contributed by atoms with Crippen LogP contribution in [0.15, 0.2) is 24.3 Å². The highest BCUT2D eigenvalue weighted by atomic mass is 32.2. The molecule has 1 aromatic rings. The van der Waals surface area contributed by atoms with Crippen molar-refractivity contribution in [2.75, 3.05) is 11.9 Å². The molecule has 110 valence electrons. The molecule has 1 aromatic carbocycles. The van der Waals surface area contributed by atoms with Gasteiger partial charge in [0, 0.05) is 29.7 Å². The molecule has 2 rings (SSSR count).